The molecule has 0 radical (unpaired) electrons. The normalized spacial score (nSPS) is 10.7. The third kappa shape index (κ3) is 1.84. The lowest BCUT2D eigenvalue weighted by Crippen LogP contribution is -2.35. The van der Waals surface area contributed by atoms with Crippen molar-refractivity contribution in [2.45, 2.75) is 13.8 Å². The van der Waals surface area contributed by atoms with Crippen molar-refractivity contribution in [2.24, 2.45) is 0 Å². The fourth-order valence-electron chi connectivity index (χ4n) is 1.93. The van der Waals surface area contributed by atoms with Gasteiger partial charge in [-0.15, -0.1) is 0 Å². The highest BCUT2D eigenvalue weighted by Gasteiger charge is 2.15. The zero-order valence-electron chi connectivity index (χ0n) is 10.1. The number of nitrogens with zero attached hydrogens (tertiary/aromatic N) is 3. The lowest BCUT2D eigenvalue weighted by Gasteiger charge is -2.22. The van der Waals surface area contributed by atoms with Crippen LogP contribution in [0.3, 0.4) is 0 Å². The van der Waals surface area contributed by atoms with Crippen LogP contribution in [0.15, 0.2) is 24.3 Å². The molecular formula is C12H17N5. The van der Waals surface area contributed by atoms with Crippen LogP contribution < -0.4 is 5.73 Å². The second-order valence-electron chi connectivity index (χ2n) is 3.79. The number of hydrogen-bond donors (Lipinski definition) is 2. The summed E-state index contributed by atoms with van der Waals surface area (Å²) in [7, 11) is 0. The summed E-state index contributed by atoms with van der Waals surface area (Å²) in [4.78, 5) is 6.19. The molecule has 90 valence electrons. The smallest absolute Gasteiger partial charge is 0.208 e. The van der Waals surface area contributed by atoms with E-state index in [-0.39, 0.29) is 0 Å². The Labute approximate surface area is 100 Å². The van der Waals surface area contributed by atoms with Gasteiger partial charge in [0.1, 0.15) is 0 Å². The molecule has 2 aromatic rings. The molecule has 0 unspecified atom stereocenters. The topological polar surface area (TPSA) is 70.9 Å². The van der Waals surface area contributed by atoms with Gasteiger partial charge in [0.25, 0.3) is 0 Å². The maximum Gasteiger partial charge on any atom is 0.208 e. The van der Waals surface area contributed by atoms with Gasteiger partial charge in [-0.3, -0.25) is 5.41 Å². The Morgan fingerprint density at radius 1 is 1.35 bits per heavy atom. The summed E-state index contributed by atoms with van der Waals surface area (Å²) in [6.07, 6.45) is 0. The van der Waals surface area contributed by atoms with E-state index in [1.807, 2.05) is 43.0 Å². The standard InChI is InChI=1S/C12H17N5/c1-3-16(4-2)12(14)17-10-8-6-5-7-9(10)15-11(17)13/h5-8,14H,3-4H2,1-2H3,(H2,13,15). The van der Waals surface area contributed by atoms with Gasteiger partial charge in [-0.1, -0.05) is 12.1 Å². The first-order chi connectivity index (χ1) is 8.19. The Hall–Kier alpha value is -2.04. The van der Waals surface area contributed by atoms with Gasteiger partial charge in [-0.05, 0) is 26.0 Å². The number of rotatable bonds is 2. The van der Waals surface area contributed by atoms with Gasteiger partial charge in [0, 0.05) is 13.1 Å². The molecule has 0 saturated carbocycles. The summed E-state index contributed by atoms with van der Waals surface area (Å²) in [5, 5.41) is 8.20. The SMILES string of the molecule is CCN(CC)C(=N)n1c(N)nc2ccccc21. The Morgan fingerprint density at radius 2 is 2.00 bits per heavy atom. The zero-order chi connectivity index (χ0) is 12.4. The van der Waals surface area contributed by atoms with E-state index in [4.69, 9.17) is 11.1 Å². The summed E-state index contributed by atoms with van der Waals surface area (Å²) in [5.41, 5.74) is 7.58. The highest BCUT2D eigenvalue weighted by Crippen LogP contribution is 2.17. The van der Waals surface area contributed by atoms with Crippen LogP contribution in [-0.2, 0) is 0 Å². The number of nitrogens with two attached hydrogens (primary N) is 1. The van der Waals surface area contributed by atoms with Crippen molar-refractivity contribution in [3.8, 4) is 0 Å². The van der Waals surface area contributed by atoms with Gasteiger partial charge in [-0.2, -0.15) is 0 Å². The van der Waals surface area contributed by atoms with Crippen molar-refractivity contribution in [3.63, 3.8) is 0 Å². The molecule has 0 fully saturated rings. The van der Waals surface area contributed by atoms with Gasteiger partial charge >= 0.3 is 0 Å². The number of fused-ring (bicyclic) bond motifs is 1. The molecule has 1 aromatic heterocycles. The number of hydrogen-bond acceptors (Lipinski definition) is 3. The molecule has 5 nitrogen and oxygen atoms in total. The number of imidazole rings is 1. The number of benzene rings is 1. The van der Waals surface area contributed by atoms with Gasteiger partial charge in [0.15, 0.2) is 0 Å². The minimum atomic E-state index is 0.364. The summed E-state index contributed by atoms with van der Waals surface area (Å²) in [6, 6.07) is 7.67. The Morgan fingerprint density at radius 3 is 2.65 bits per heavy atom. The maximum absolute atomic E-state index is 8.20. The van der Waals surface area contributed by atoms with Crippen LogP contribution >= 0.6 is 0 Å². The van der Waals surface area contributed by atoms with Crippen LogP contribution in [0.25, 0.3) is 11.0 Å². The summed E-state index contributed by atoms with van der Waals surface area (Å²) < 4.78 is 1.68. The van der Waals surface area contributed by atoms with E-state index in [1.165, 1.54) is 0 Å². The Balaban J connectivity index is 2.54. The second-order valence-corrected chi connectivity index (χ2v) is 3.79. The average Bonchev–Trinajstić information content (AvgIpc) is 2.66. The van der Waals surface area contributed by atoms with Crippen molar-refractivity contribution >= 4 is 22.9 Å². The molecule has 0 bridgehead atoms. The summed E-state index contributed by atoms with van der Waals surface area (Å²) in [6.45, 7) is 5.60. The van der Waals surface area contributed by atoms with Crippen molar-refractivity contribution in [1.82, 2.24) is 14.5 Å². The lowest BCUT2D eigenvalue weighted by atomic mass is 10.3. The van der Waals surface area contributed by atoms with Crippen LogP contribution in [0.5, 0.6) is 0 Å². The minimum absolute atomic E-state index is 0.364. The largest absolute Gasteiger partial charge is 0.369 e. The van der Waals surface area contributed by atoms with Crippen molar-refractivity contribution in [3.05, 3.63) is 24.3 Å². The fourth-order valence-corrected chi connectivity index (χ4v) is 1.93. The predicted molar refractivity (Wildman–Crippen MR) is 70.2 cm³/mol. The molecule has 0 amide bonds. The third-order valence-electron chi connectivity index (χ3n) is 2.86. The molecule has 0 spiro atoms. The molecule has 0 aliphatic carbocycles. The number of nitrogens with one attached hydrogen (secondary N) is 1. The van der Waals surface area contributed by atoms with Crippen molar-refractivity contribution in [1.29, 1.82) is 5.41 Å². The van der Waals surface area contributed by atoms with Gasteiger partial charge < -0.3 is 10.6 Å². The molecule has 1 aromatic carbocycles. The minimum Gasteiger partial charge on any atom is -0.369 e. The molecule has 1 heterocycles. The predicted octanol–water partition coefficient (Wildman–Crippen LogP) is 1.74. The lowest BCUT2D eigenvalue weighted by molar-refractivity contribution is 0.449. The molecule has 0 aliphatic rings. The van der Waals surface area contributed by atoms with E-state index in [0.29, 0.717) is 11.9 Å². The van der Waals surface area contributed by atoms with Crippen LogP contribution in [0.4, 0.5) is 5.95 Å². The van der Waals surface area contributed by atoms with Crippen LogP contribution in [0.1, 0.15) is 13.8 Å². The third-order valence-corrected chi connectivity index (χ3v) is 2.86. The molecule has 0 atom stereocenters. The highest BCUT2D eigenvalue weighted by atomic mass is 15.3. The van der Waals surface area contributed by atoms with E-state index >= 15 is 0 Å². The average molecular weight is 231 g/mol. The first kappa shape index (κ1) is 11.4. The summed E-state index contributed by atoms with van der Waals surface area (Å²) >= 11 is 0. The molecule has 2 rings (SSSR count). The molecule has 0 aliphatic heterocycles. The quantitative estimate of drug-likeness (QED) is 0.611. The Bertz CT molecular complexity index is 539. The van der Waals surface area contributed by atoms with Crippen molar-refractivity contribution in [2.75, 3.05) is 18.8 Å². The van der Waals surface area contributed by atoms with Crippen LogP contribution in [0.2, 0.25) is 0 Å². The van der Waals surface area contributed by atoms with Crippen molar-refractivity contribution < 1.29 is 0 Å². The first-order valence-corrected chi connectivity index (χ1v) is 5.75. The molecule has 5 heteroatoms. The van der Waals surface area contributed by atoms with Crippen LogP contribution in [-0.4, -0.2) is 33.5 Å². The second kappa shape index (κ2) is 4.45. The van der Waals surface area contributed by atoms with E-state index in [2.05, 4.69) is 4.98 Å². The molecule has 0 saturated heterocycles. The van der Waals surface area contributed by atoms with E-state index in [1.54, 1.807) is 4.57 Å². The number of nitrogen functional groups attached to an aromatic ring is 1. The van der Waals surface area contributed by atoms with E-state index in [9.17, 15) is 0 Å². The van der Waals surface area contributed by atoms with Gasteiger partial charge in [0.05, 0.1) is 11.0 Å². The van der Waals surface area contributed by atoms with Gasteiger partial charge in [-0.25, -0.2) is 9.55 Å². The highest BCUT2D eigenvalue weighted by molar-refractivity contribution is 5.93. The van der Waals surface area contributed by atoms with E-state index < -0.39 is 0 Å². The fraction of sp³-hybridized carbons (Fsp3) is 0.333. The molecule has 3 N–H and O–H groups in total. The monoisotopic (exact) mass is 231 g/mol. The maximum atomic E-state index is 8.20. The van der Waals surface area contributed by atoms with Crippen LogP contribution in [0, 0.1) is 5.41 Å². The summed E-state index contributed by atoms with van der Waals surface area (Å²) in [5.74, 6) is 0.740. The zero-order valence-corrected chi connectivity index (χ0v) is 10.1. The van der Waals surface area contributed by atoms with Gasteiger partial charge in [0.2, 0.25) is 11.9 Å². The number of anilines is 1. The van der Waals surface area contributed by atoms with E-state index in [0.717, 1.165) is 24.1 Å². The first-order valence-electron chi connectivity index (χ1n) is 5.75. The molecular weight excluding hydrogens is 214 g/mol. The number of para-hydroxylation sites is 2. The number of aromatic nitrogens is 2. The Kier molecular flexibility index (Phi) is 2.99. The molecule has 17 heavy (non-hydrogen) atoms.